The van der Waals surface area contributed by atoms with Gasteiger partial charge in [-0.15, -0.1) is 11.3 Å². The first kappa shape index (κ1) is 12.9. The van der Waals surface area contributed by atoms with Crippen LogP contribution in [0.4, 0.5) is 5.69 Å². The third-order valence-corrected chi connectivity index (χ3v) is 4.18. The van der Waals surface area contributed by atoms with Gasteiger partial charge in [-0.1, -0.05) is 13.3 Å². The number of fused-ring (bicyclic) bond motifs is 1. The Morgan fingerprint density at radius 1 is 1.56 bits per heavy atom. The van der Waals surface area contributed by atoms with Gasteiger partial charge in [-0.25, -0.2) is 0 Å². The van der Waals surface area contributed by atoms with Crippen LogP contribution in [0.15, 0.2) is 0 Å². The minimum atomic E-state index is -0.0819. The lowest BCUT2D eigenvalue weighted by Crippen LogP contribution is -2.24. The number of aryl methyl sites for hydroxylation is 2. The predicted molar refractivity (Wildman–Crippen MR) is 75.0 cm³/mol. The molecule has 98 valence electrons. The number of nitrogens with zero attached hydrogens (tertiary/aromatic N) is 2. The quantitative estimate of drug-likeness (QED) is 0.832. The Morgan fingerprint density at radius 3 is 2.89 bits per heavy atom. The van der Waals surface area contributed by atoms with Gasteiger partial charge in [0.1, 0.15) is 9.71 Å². The zero-order chi connectivity index (χ0) is 13.3. The number of amides is 1. The van der Waals surface area contributed by atoms with Crippen molar-refractivity contribution in [1.29, 1.82) is 0 Å². The zero-order valence-electron chi connectivity index (χ0n) is 10.9. The van der Waals surface area contributed by atoms with E-state index >= 15 is 0 Å². The van der Waals surface area contributed by atoms with Crippen molar-refractivity contribution in [3.05, 3.63) is 10.6 Å². The molecule has 0 saturated heterocycles. The first-order valence-electron chi connectivity index (χ1n) is 6.06. The first-order chi connectivity index (χ1) is 8.56. The zero-order valence-corrected chi connectivity index (χ0v) is 11.7. The van der Waals surface area contributed by atoms with Crippen molar-refractivity contribution in [1.82, 2.24) is 15.1 Å². The third-order valence-electron chi connectivity index (χ3n) is 2.90. The van der Waals surface area contributed by atoms with Crippen LogP contribution in [0.2, 0.25) is 0 Å². The number of aromatic nitrogens is 2. The largest absolute Gasteiger partial charge is 0.397 e. The molecule has 0 unspecified atom stereocenters. The predicted octanol–water partition coefficient (Wildman–Crippen LogP) is 2.06. The molecule has 2 heterocycles. The summed E-state index contributed by atoms with van der Waals surface area (Å²) in [6.45, 7) is 4.69. The number of hydrogen-bond donors (Lipinski definition) is 2. The molecule has 18 heavy (non-hydrogen) atoms. The van der Waals surface area contributed by atoms with Gasteiger partial charge in [-0.05, 0) is 13.3 Å². The highest BCUT2D eigenvalue weighted by Gasteiger charge is 2.20. The Hall–Kier alpha value is -1.56. The van der Waals surface area contributed by atoms with Gasteiger partial charge in [0, 0.05) is 13.6 Å². The normalized spacial score (nSPS) is 11.1. The molecule has 5 nitrogen and oxygen atoms in total. The van der Waals surface area contributed by atoms with E-state index in [0.717, 1.165) is 28.8 Å². The van der Waals surface area contributed by atoms with Gasteiger partial charge < -0.3 is 11.1 Å². The summed E-state index contributed by atoms with van der Waals surface area (Å²) in [4.78, 5) is 13.6. The number of anilines is 1. The maximum Gasteiger partial charge on any atom is 0.263 e. The first-order valence-corrected chi connectivity index (χ1v) is 6.87. The second kappa shape index (κ2) is 4.97. The Bertz CT molecular complexity index is 584. The van der Waals surface area contributed by atoms with Gasteiger partial charge >= 0.3 is 0 Å². The smallest absolute Gasteiger partial charge is 0.263 e. The van der Waals surface area contributed by atoms with Gasteiger partial charge in [0.05, 0.1) is 16.8 Å². The lowest BCUT2D eigenvalue weighted by molar-refractivity contribution is 0.0958. The number of carbonyl (C=O) groups is 1. The van der Waals surface area contributed by atoms with Crippen LogP contribution >= 0.6 is 11.3 Å². The highest BCUT2D eigenvalue weighted by Crippen LogP contribution is 2.35. The molecule has 0 atom stereocenters. The molecule has 0 aliphatic carbocycles. The second-order valence-corrected chi connectivity index (χ2v) is 5.34. The average Bonchev–Trinajstić information content (AvgIpc) is 2.80. The second-order valence-electron chi connectivity index (χ2n) is 4.34. The molecule has 0 aliphatic rings. The Kier molecular flexibility index (Phi) is 3.56. The fraction of sp³-hybridized carbons (Fsp3) is 0.500. The molecule has 2 aromatic rings. The van der Waals surface area contributed by atoms with Gasteiger partial charge in [0.25, 0.3) is 5.91 Å². The van der Waals surface area contributed by atoms with Crippen LogP contribution in [0.25, 0.3) is 10.2 Å². The third kappa shape index (κ3) is 2.08. The molecular formula is C12H18N4OS. The number of nitrogen functional groups attached to an aromatic ring is 1. The summed E-state index contributed by atoms with van der Waals surface area (Å²) in [6, 6.07) is 0. The van der Waals surface area contributed by atoms with Crippen molar-refractivity contribution in [3.63, 3.8) is 0 Å². The summed E-state index contributed by atoms with van der Waals surface area (Å²) in [5, 5.41) is 8.10. The number of nitrogens with one attached hydrogen (secondary N) is 1. The molecule has 0 spiro atoms. The molecular weight excluding hydrogens is 248 g/mol. The van der Waals surface area contributed by atoms with Crippen molar-refractivity contribution in [2.24, 2.45) is 7.05 Å². The van der Waals surface area contributed by atoms with Crippen LogP contribution in [-0.2, 0) is 7.05 Å². The van der Waals surface area contributed by atoms with E-state index in [1.165, 1.54) is 11.3 Å². The molecule has 3 N–H and O–H groups in total. The van der Waals surface area contributed by atoms with E-state index in [9.17, 15) is 4.79 Å². The summed E-state index contributed by atoms with van der Waals surface area (Å²) in [5.74, 6) is -0.0819. The SMILES string of the molecule is CCCCNC(=O)c1sc2c(c(C)nn2C)c1N. The number of carbonyl (C=O) groups excluding carboxylic acids is 1. The summed E-state index contributed by atoms with van der Waals surface area (Å²) in [6.07, 6.45) is 2.04. The maximum atomic E-state index is 12.0. The minimum absolute atomic E-state index is 0.0819. The van der Waals surface area contributed by atoms with Gasteiger partial charge in [-0.3, -0.25) is 9.48 Å². The monoisotopic (exact) mass is 266 g/mol. The van der Waals surface area contributed by atoms with E-state index in [0.29, 0.717) is 17.1 Å². The van der Waals surface area contributed by atoms with E-state index in [1.807, 2.05) is 14.0 Å². The Balaban J connectivity index is 2.31. The van der Waals surface area contributed by atoms with Crippen molar-refractivity contribution >= 4 is 33.1 Å². The highest BCUT2D eigenvalue weighted by molar-refractivity contribution is 7.21. The molecule has 0 fully saturated rings. The number of thiophene rings is 1. The van der Waals surface area contributed by atoms with Crippen LogP contribution < -0.4 is 11.1 Å². The van der Waals surface area contributed by atoms with E-state index in [4.69, 9.17) is 5.73 Å². The minimum Gasteiger partial charge on any atom is -0.397 e. The van der Waals surface area contributed by atoms with Crippen molar-refractivity contribution in [2.45, 2.75) is 26.7 Å². The van der Waals surface area contributed by atoms with Crippen molar-refractivity contribution in [2.75, 3.05) is 12.3 Å². The van der Waals surface area contributed by atoms with Gasteiger partial charge in [-0.2, -0.15) is 5.10 Å². The Morgan fingerprint density at radius 2 is 2.28 bits per heavy atom. The number of hydrogen-bond acceptors (Lipinski definition) is 4. The van der Waals surface area contributed by atoms with Gasteiger partial charge in [0.15, 0.2) is 0 Å². The van der Waals surface area contributed by atoms with E-state index < -0.39 is 0 Å². The molecule has 6 heteroatoms. The van der Waals surface area contributed by atoms with E-state index in [-0.39, 0.29) is 5.91 Å². The van der Waals surface area contributed by atoms with E-state index in [1.54, 1.807) is 4.68 Å². The van der Waals surface area contributed by atoms with Crippen molar-refractivity contribution < 1.29 is 4.79 Å². The lowest BCUT2D eigenvalue weighted by atomic mass is 10.2. The van der Waals surface area contributed by atoms with Crippen LogP contribution in [0.3, 0.4) is 0 Å². The summed E-state index contributed by atoms with van der Waals surface area (Å²) < 4.78 is 1.77. The number of rotatable bonds is 4. The molecule has 2 rings (SSSR count). The standard InChI is InChI=1S/C12H18N4OS/c1-4-5-6-14-11(17)10-9(13)8-7(2)15-16(3)12(8)18-10/h4-6,13H2,1-3H3,(H,14,17). The maximum absolute atomic E-state index is 12.0. The molecule has 0 aromatic carbocycles. The highest BCUT2D eigenvalue weighted by atomic mass is 32.1. The number of nitrogens with two attached hydrogens (primary N) is 1. The van der Waals surface area contributed by atoms with E-state index in [2.05, 4.69) is 17.3 Å². The molecule has 0 saturated carbocycles. The molecule has 1 amide bonds. The van der Waals surface area contributed by atoms with Crippen LogP contribution in [0, 0.1) is 6.92 Å². The Labute approximate surface area is 110 Å². The molecule has 0 radical (unpaired) electrons. The lowest BCUT2D eigenvalue weighted by Gasteiger charge is -2.02. The van der Waals surface area contributed by atoms with Gasteiger partial charge in [0.2, 0.25) is 0 Å². The summed E-state index contributed by atoms with van der Waals surface area (Å²) in [5.41, 5.74) is 7.47. The van der Waals surface area contributed by atoms with Crippen LogP contribution in [-0.4, -0.2) is 22.2 Å². The summed E-state index contributed by atoms with van der Waals surface area (Å²) in [7, 11) is 1.87. The average molecular weight is 266 g/mol. The van der Waals surface area contributed by atoms with Crippen LogP contribution in [0.1, 0.15) is 35.1 Å². The topological polar surface area (TPSA) is 72.9 Å². The summed E-state index contributed by atoms with van der Waals surface area (Å²) >= 11 is 1.40. The van der Waals surface area contributed by atoms with Crippen molar-refractivity contribution in [3.8, 4) is 0 Å². The fourth-order valence-electron chi connectivity index (χ4n) is 1.96. The molecule has 2 aromatic heterocycles. The molecule has 0 aliphatic heterocycles. The fourth-order valence-corrected chi connectivity index (χ4v) is 3.06. The number of unbranched alkanes of at least 4 members (excludes halogenated alkanes) is 1. The van der Waals surface area contributed by atoms with Crippen LogP contribution in [0.5, 0.6) is 0 Å². The molecule has 0 bridgehead atoms.